The fourth-order valence-electron chi connectivity index (χ4n) is 4.15. The number of para-hydroxylation sites is 1. The lowest BCUT2D eigenvalue weighted by molar-refractivity contribution is -0.137. The minimum atomic E-state index is -4.71. The third-order valence-electron chi connectivity index (χ3n) is 5.78. The van der Waals surface area contributed by atoms with Crippen molar-refractivity contribution in [3.63, 3.8) is 0 Å². The van der Waals surface area contributed by atoms with E-state index in [1.165, 1.54) is 36.5 Å². The molecule has 2 heterocycles. The number of nitrogens with two attached hydrogens (primary N) is 1. The number of alkyl halides is 3. The van der Waals surface area contributed by atoms with Crippen molar-refractivity contribution >= 4 is 39.1 Å². The van der Waals surface area contributed by atoms with Crippen molar-refractivity contribution in [3.05, 3.63) is 61.9 Å². The number of rotatable bonds is 5. The maximum Gasteiger partial charge on any atom is 0.418 e. The number of nitriles is 1. The summed E-state index contributed by atoms with van der Waals surface area (Å²) in [6.45, 7) is 1.42. The highest BCUT2D eigenvalue weighted by Gasteiger charge is 2.35. The summed E-state index contributed by atoms with van der Waals surface area (Å²) in [5.74, 6) is -0.904. The lowest BCUT2D eigenvalue weighted by atomic mass is 10.1. The zero-order valence-corrected chi connectivity index (χ0v) is 20.4. The fraction of sp³-hybridized carbons (Fsp3) is 0.333. The van der Waals surface area contributed by atoms with E-state index in [1.807, 2.05) is 0 Å². The van der Waals surface area contributed by atoms with Gasteiger partial charge in [-0.1, -0.05) is 30.3 Å². The lowest BCUT2D eigenvalue weighted by Gasteiger charge is -2.17. The summed E-state index contributed by atoms with van der Waals surface area (Å²) >= 11 is 2.19. The van der Waals surface area contributed by atoms with Crippen LogP contribution in [0.5, 0.6) is 0 Å². The van der Waals surface area contributed by atoms with Crippen LogP contribution in [0.1, 0.15) is 42.2 Å². The zero-order valence-electron chi connectivity index (χ0n) is 18.7. The van der Waals surface area contributed by atoms with Crippen LogP contribution in [0.2, 0.25) is 0 Å². The molecule has 0 unspecified atom stereocenters. The number of carbonyl (C=O) groups is 1. The van der Waals surface area contributed by atoms with Gasteiger partial charge in [0.25, 0.3) is 5.56 Å². The number of hydrogen-bond donors (Lipinski definition) is 1. The average molecular weight is 519 g/mol. The number of Topliss-reactive ketones (excluding diaryl/α,β-unsaturated/α-hetero) is 1. The highest BCUT2D eigenvalue weighted by atomic mass is 32.2. The van der Waals surface area contributed by atoms with E-state index in [4.69, 9.17) is 5.73 Å². The molecule has 0 fully saturated rings. The van der Waals surface area contributed by atoms with Gasteiger partial charge in [-0.3, -0.25) is 14.2 Å². The number of allylic oxidation sites excluding steroid dienone is 2. The first kappa shape index (κ1) is 25.0. The Morgan fingerprint density at radius 1 is 1.26 bits per heavy atom. The third-order valence-corrected chi connectivity index (χ3v) is 7.90. The number of ketones is 1. The molecule has 3 aromatic rings. The van der Waals surface area contributed by atoms with Crippen LogP contribution in [-0.2, 0) is 23.8 Å². The fourth-order valence-corrected chi connectivity index (χ4v) is 6.33. The van der Waals surface area contributed by atoms with Crippen molar-refractivity contribution in [2.45, 2.75) is 50.4 Å². The van der Waals surface area contributed by atoms with Gasteiger partial charge in [0.15, 0.2) is 10.9 Å². The summed E-state index contributed by atoms with van der Waals surface area (Å²) in [4.78, 5) is 32.4. The van der Waals surface area contributed by atoms with Gasteiger partial charge < -0.3 is 5.73 Å². The van der Waals surface area contributed by atoms with Gasteiger partial charge in [-0.15, -0.1) is 11.3 Å². The van der Waals surface area contributed by atoms with Gasteiger partial charge in [0.05, 0.1) is 22.4 Å². The van der Waals surface area contributed by atoms with E-state index in [-0.39, 0.29) is 27.9 Å². The van der Waals surface area contributed by atoms with Crippen LogP contribution in [0.3, 0.4) is 0 Å². The van der Waals surface area contributed by atoms with Crippen LogP contribution in [-0.4, -0.2) is 21.1 Å². The first-order chi connectivity index (χ1) is 16.6. The molecule has 0 atom stereocenters. The maximum atomic E-state index is 13.9. The van der Waals surface area contributed by atoms with Crippen LogP contribution in [0.15, 0.2) is 45.5 Å². The molecular weight excluding hydrogens is 497 g/mol. The molecule has 1 aromatic carbocycles. The summed E-state index contributed by atoms with van der Waals surface area (Å²) in [5, 5.41) is 9.51. The van der Waals surface area contributed by atoms with E-state index in [9.17, 15) is 28.0 Å². The number of fused-ring (bicyclic) bond motifs is 3. The van der Waals surface area contributed by atoms with Crippen LogP contribution in [0.4, 0.5) is 13.2 Å². The third kappa shape index (κ3) is 4.86. The van der Waals surface area contributed by atoms with E-state index >= 15 is 0 Å². The molecule has 4 rings (SSSR count). The molecule has 0 radical (unpaired) electrons. The molecule has 0 saturated carbocycles. The normalized spacial score (nSPS) is 14.7. The number of nitrogens with zero attached hydrogens (tertiary/aromatic N) is 3. The number of benzene rings is 1. The van der Waals surface area contributed by atoms with Gasteiger partial charge in [0.1, 0.15) is 16.5 Å². The largest absolute Gasteiger partial charge is 0.418 e. The SMILES string of the molecule is CC(N)=C(C#N)C(=O)CSc1nc2sc3c(c2c(=O)n1-c1ccccc1C(F)(F)F)CCCCC3. The molecule has 11 heteroatoms. The topological polar surface area (TPSA) is 102 Å². The molecule has 1 aliphatic carbocycles. The van der Waals surface area contributed by atoms with Gasteiger partial charge >= 0.3 is 6.18 Å². The quantitative estimate of drug-likeness (QED) is 0.165. The molecule has 2 N–H and O–H groups in total. The van der Waals surface area contributed by atoms with Gasteiger partial charge in [-0.25, -0.2) is 4.98 Å². The lowest BCUT2D eigenvalue weighted by Crippen LogP contribution is -2.25. The van der Waals surface area contributed by atoms with Crippen LogP contribution < -0.4 is 11.3 Å². The van der Waals surface area contributed by atoms with E-state index in [0.717, 1.165) is 58.5 Å². The number of hydrogen-bond acceptors (Lipinski definition) is 7. The molecule has 1 aliphatic rings. The number of aryl methyl sites for hydroxylation is 2. The predicted octanol–water partition coefficient (Wildman–Crippen LogP) is 5.15. The van der Waals surface area contributed by atoms with Crippen molar-refractivity contribution in [2.75, 3.05) is 5.75 Å². The molecule has 0 spiro atoms. The smallest absolute Gasteiger partial charge is 0.401 e. The van der Waals surface area contributed by atoms with E-state index in [2.05, 4.69) is 4.98 Å². The van der Waals surface area contributed by atoms with Crippen LogP contribution in [0, 0.1) is 11.3 Å². The van der Waals surface area contributed by atoms with Crippen molar-refractivity contribution in [3.8, 4) is 11.8 Å². The highest BCUT2D eigenvalue weighted by Crippen LogP contribution is 2.37. The van der Waals surface area contributed by atoms with Gasteiger partial charge in [0.2, 0.25) is 0 Å². The predicted molar refractivity (Wildman–Crippen MR) is 130 cm³/mol. The summed E-state index contributed by atoms with van der Waals surface area (Å²) in [6, 6.07) is 6.56. The van der Waals surface area contributed by atoms with Crippen molar-refractivity contribution in [1.82, 2.24) is 9.55 Å². The molecule has 6 nitrogen and oxygen atoms in total. The number of aromatic nitrogens is 2. The van der Waals surface area contributed by atoms with E-state index < -0.39 is 23.1 Å². The molecular formula is C24H21F3N4O2S2. The highest BCUT2D eigenvalue weighted by molar-refractivity contribution is 7.99. The number of carbonyl (C=O) groups excluding carboxylic acids is 1. The Labute approximate surface area is 207 Å². The molecule has 0 amide bonds. The second-order valence-corrected chi connectivity index (χ2v) is 10.2. The monoisotopic (exact) mass is 518 g/mol. The first-order valence-electron chi connectivity index (χ1n) is 10.9. The van der Waals surface area contributed by atoms with E-state index in [1.54, 1.807) is 6.07 Å². The maximum absolute atomic E-state index is 13.9. The standard InChI is InChI=1S/C24H21F3N4O2S2/c1-13(29)15(11-28)18(32)12-34-23-30-21-20(14-7-3-2-4-10-19(14)35-21)22(33)31(23)17-9-6-5-8-16(17)24(25,26)27/h5-6,8-9H,2-4,7,10,12,29H2,1H3. The average Bonchev–Trinajstić information content (AvgIpc) is 2.98. The van der Waals surface area contributed by atoms with Gasteiger partial charge in [0, 0.05) is 10.6 Å². The minimum Gasteiger partial charge on any atom is -0.401 e. The van der Waals surface area contributed by atoms with Crippen molar-refractivity contribution < 1.29 is 18.0 Å². The van der Waals surface area contributed by atoms with Gasteiger partial charge in [-0.05, 0) is 50.3 Å². The Morgan fingerprint density at radius 2 is 1.97 bits per heavy atom. The van der Waals surface area contributed by atoms with Crippen LogP contribution >= 0.6 is 23.1 Å². The molecule has 0 saturated heterocycles. The number of thioether (sulfide) groups is 1. The summed E-state index contributed by atoms with van der Waals surface area (Å²) in [5.41, 5.74) is 4.36. The summed E-state index contributed by atoms with van der Waals surface area (Å²) in [6.07, 6.45) is -0.354. The molecule has 0 aliphatic heterocycles. The number of thiophene rings is 1. The second-order valence-electron chi connectivity index (χ2n) is 8.18. The second kappa shape index (κ2) is 9.87. The first-order valence-corrected chi connectivity index (χ1v) is 12.7. The zero-order chi connectivity index (χ0) is 25.3. The van der Waals surface area contributed by atoms with Crippen LogP contribution in [0.25, 0.3) is 15.9 Å². The number of halogens is 3. The Kier molecular flexibility index (Phi) is 7.05. The summed E-state index contributed by atoms with van der Waals surface area (Å²) < 4.78 is 42.6. The molecule has 0 bridgehead atoms. The molecule has 2 aromatic heterocycles. The Hall–Kier alpha value is -3.10. The van der Waals surface area contributed by atoms with Crippen molar-refractivity contribution in [2.24, 2.45) is 5.73 Å². The summed E-state index contributed by atoms with van der Waals surface area (Å²) in [7, 11) is 0. The van der Waals surface area contributed by atoms with E-state index in [0.29, 0.717) is 16.6 Å². The Balaban J connectivity index is 1.94. The Morgan fingerprint density at radius 3 is 2.66 bits per heavy atom. The van der Waals surface area contributed by atoms with Gasteiger partial charge in [-0.2, -0.15) is 18.4 Å². The molecule has 35 heavy (non-hydrogen) atoms. The van der Waals surface area contributed by atoms with Crippen molar-refractivity contribution in [1.29, 1.82) is 5.26 Å². The molecule has 182 valence electrons. The Bertz CT molecular complexity index is 1440. The minimum absolute atomic E-state index is 0.0447.